The van der Waals surface area contributed by atoms with Crippen LogP contribution in [0.25, 0.3) is 11.1 Å². The van der Waals surface area contributed by atoms with Gasteiger partial charge in [0.25, 0.3) is 5.91 Å². The number of benzene rings is 2. The molecule has 2 aromatic carbocycles. The van der Waals surface area contributed by atoms with Crippen molar-refractivity contribution in [1.82, 2.24) is 4.90 Å². The van der Waals surface area contributed by atoms with E-state index < -0.39 is 17.7 Å². The summed E-state index contributed by atoms with van der Waals surface area (Å²) in [6.45, 7) is 2.18. The maximum absolute atomic E-state index is 12.7. The van der Waals surface area contributed by atoms with Gasteiger partial charge >= 0.3 is 5.97 Å². The van der Waals surface area contributed by atoms with Gasteiger partial charge in [0, 0.05) is 42.8 Å². The van der Waals surface area contributed by atoms with Crippen molar-refractivity contribution in [3.8, 4) is 11.1 Å². The molecule has 7 heteroatoms. The number of hydrogen-bond acceptors (Lipinski definition) is 5. The van der Waals surface area contributed by atoms with Gasteiger partial charge in [0.2, 0.25) is 5.78 Å². The van der Waals surface area contributed by atoms with Gasteiger partial charge in [-0.05, 0) is 41.7 Å². The normalized spacial score (nSPS) is 14.9. The number of carboxylic acids is 1. The number of hydrogen-bond donors (Lipinski definition) is 2. The Morgan fingerprint density at radius 2 is 1.78 bits per heavy atom. The number of aliphatic carboxylic acids is 1. The maximum atomic E-state index is 12.7. The summed E-state index contributed by atoms with van der Waals surface area (Å²) in [5.74, 6) is -2.13. The zero-order valence-electron chi connectivity index (χ0n) is 20.1. The number of amides is 1. The largest absolute Gasteiger partial charge is 0.493 e. The summed E-state index contributed by atoms with van der Waals surface area (Å²) in [7, 11) is 0. The van der Waals surface area contributed by atoms with E-state index in [4.69, 9.17) is 15.6 Å². The van der Waals surface area contributed by atoms with E-state index in [-0.39, 0.29) is 13.0 Å². The second-order valence-corrected chi connectivity index (χ2v) is 8.74. The quantitative estimate of drug-likeness (QED) is 0.380. The monoisotopic (exact) mass is 484 g/mol. The summed E-state index contributed by atoms with van der Waals surface area (Å²) in [6, 6.07) is 18.4. The smallest absolute Gasteiger partial charge is 0.303 e. The van der Waals surface area contributed by atoms with Crippen LogP contribution in [-0.2, 0) is 25.5 Å². The zero-order valence-corrected chi connectivity index (χ0v) is 20.1. The van der Waals surface area contributed by atoms with Crippen LogP contribution in [0.2, 0.25) is 0 Å². The predicted molar refractivity (Wildman–Crippen MR) is 136 cm³/mol. The van der Waals surface area contributed by atoms with Crippen LogP contribution in [0.5, 0.6) is 0 Å². The molecule has 2 aromatic rings. The van der Waals surface area contributed by atoms with E-state index >= 15 is 0 Å². The van der Waals surface area contributed by atoms with E-state index in [1.54, 1.807) is 12.2 Å². The summed E-state index contributed by atoms with van der Waals surface area (Å²) in [5.41, 5.74) is 11.6. The van der Waals surface area contributed by atoms with Crippen molar-refractivity contribution in [2.24, 2.45) is 5.73 Å². The van der Waals surface area contributed by atoms with Gasteiger partial charge in [-0.3, -0.25) is 14.4 Å². The highest BCUT2D eigenvalue weighted by Gasteiger charge is 2.31. The minimum absolute atomic E-state index is 0.00410. The molecule has 3 N–H and O–H groups in total. The third kappa shape index (κ3) is 5.46. The Morgan fingerprint density at radius 1 is 1.06 bits per heavy atom. The van der Waals surface area contributed by atoms with E-state index in [1.165, 1.54) is 0 Å². The van der Waals surface area contributed by atoms with Crippen molar-refractivity contribution in [1.29, 1.82) is 0 Å². The predicted octanol–water partition coefficient (Wildman–Crippen LogP) is 4.48. The molecule has 0 fully saturated rings. The SMILES string of the molecule is CC1=C(Cc2ccccc2-c2ccccc2)N2C=CC(OCCCC(=O)O)=CC2=C(C(=O)C(N)=O)C1. The number of ether oxygens (including phenoxy) is 1. The molecular weight excluding hydrogens is 456 g/mol. The lowest BCUT2D eigenvalue weighted by Crippen LogP contribution is -2.32. The number of nitrogens with two attached hydrogens (primary N) is 1. The number of ketones is 1. The number of allylic oxidation sites excluding steroid dienone is 4. The van der Waals surface area contributed by atoms with E-state index in [2.05, 4.69) is 24.3 Å². The van der Waals surface area contributed by atoms with Gasteiger partial charge in [0.15, 0.2) is 0 Å². The average Bonchev–Trinajstić information content (AvgIpc) is 2.88. The lowest BCUT2D eigenvalue weighted by molar-refractivity contribution is -0.137. The summed E-state index contributed by atoms with van der Waals surface area (Å²) >= 11 is 0. The van der Waals surface area contributed by atoms with Crippen LogP contribution in [0.3, 0.4) is 0 Å². The number of carbonyl (C=O) groups excluding carboxylic acids is 2. The van der Waals surface area contributed by atoms with Crippen molar-refractivity contribution in [2.75, 3.05) is 6.61 Å². The first-order chi connectivity index (χ1) is 17.3. The van der Waals surface area contributed by atoms with Crippen LogP contribution in [0.15, 0.2) is 101 Å². The standard InChI is InChI=1S/C29H28N2O5/c1-19-16-24(28(34)29(30)35)26-18-22(36-15-7-12-27(32)33)13-14-31(26)25(19)17-21-10-5-6-11-23(21)20-8-3-2-4-9-20/h2-6,8-11,13-14,18H,7,12,15-17H2,1H3,(H2,30,35)(H,32,33). The van der Waals surface area contributed by atoms with Crippen molar-refractivity contribution in [3.05, 3.63) is 107 Å². The van der Waals surface area contributed by atoms with Gasteiger partial charge < -0.3 is 20.5 Å². The summed E-state index contributed by atoms with van der Waals surface area (Å²) in [4.78, 5) is 37.2. The first-order valence-electron chi connectivity index (χ1n) is 11.8. The molecule has 0 saturated carbocycles. The molecule has 2 heterocycles. The van der Waals surface area contributed by atoms with Crippen LogP contribution < -0.4 is 5.73 Å². The molecule has 0 saturated heterocycles. The lowest BCUT2D eigenvalue weighted by Gasteiger charge is -2.35. The summed E-state index contributed by atoms with van der Waals surface area (Å²) in [6.07, 6.45) is 6.59. The zero-order chi connectivity index (χ0) is 25.7. The number of fused-ring (bicyclic) bond motifs is 1. The van der Waals surface area contributed by atoms with Crippen molar-refractivity contribution < 1.29 is 24.2 Å². The van der Waals surface area contributed by atoms with Crippen LogP contribution in [0, 0.1) is 0 Å². The first-order valence-corrected chi connectivity index (χ1v) is 11.8. The molecule has 4 rings (SSSR count). The van der Waals surface area contributed by atoms with Gasteiger partial charge in [-0.1, -0.05) is 54.6 Å². The minimum atomic E-state index is -1.00. The topological polar surface area (TPSA) is 110 Å². The van der Waals surface area contributed by atoms with Gasteiger partial charge in [-0.25, -0.2) is 0 Å². The number of primary amides is 1. The second kappa shape index (κ2) is 10.9. The molecule has 184 valence electrons. The van der Waals surface area contributed by atoms with Crippen LogP contribution in [-0.4, -0.2) is 34.3 Å². The highest BCUT2D eigenvalue weighted by Crippen LogP contribution is 2.38. The molecule has 0 unspecified atom stereocenters. The lowest BCUT2D eigenvalue weighted by atomic mass is 9.88. The fourth-order valence-corrected chi connectivity index (χ4v) is 4.45. The van der Waals surface area contributed by atoms with E-state index in [1.807, 2.05) is 48.4 Å². The molecule has 0 radical (unpaired) electrons. The average molecular weight is 485 g/mol. The third-order valence-electron chi connectivity index (χ3n) is 6.22. The first kappa shape index (κ1) is 24.7. The van der Waals surface area contributed by atoms with Crippen molar-refractivity contribution >= 4 is 17.7 Å². The van der Waals surface area contributed by atoms with Crippen molar-refractivity contribution in [2.45, 2.75) is 32.6 Å². The molecule has 0 atom stereocenters. The highest BCUT2D eigenvalue weighted by atomic mass is 16.5. The Bertz CT molecular complexity index is 1320. The van der Waals surface area contributed by atoms with Gasteiger partial charge in [0.05, 0.1) is 12.3 Å². The third-order valence-corrected chi connectivity index (χ3v) is 6.22. The Balaban J connectivity index is 1.66. The number of rotatable bonds is 10. The molecule has 36 heavy (non-hydrogen) atoms. The van der Waals surface area contributed by atoms with Gasteiger partial charge in [-0.15, -0.1) is 0 Å². The van der Waals surface area contributed by atoms with Crippen LogP contribution in [0.1, 0.15) is 31.7 Å². The van der Waals surface area contributed by atoms with Gasteiger partial charge in [-0.2, -0.15) is 0 Å². The Kier molecular flexibility index (Phi) is 7.49. The second-order valence-electron chi connectivity index (χ2n) is 8.74. The number of carbonyl (C=O) groups is 3. The highest BCUT2D eigenvalue weighted by molar-refractivity contribution is 6.42. The van der Waals surface area contributed by atoms with E-state index in [9.17, 15) is 14.4 Å². The molecule has 2 aliphatic rings. The summed E-state index contributed by atoms with van der Waals surface area (Å²) < 4.78 is 5.73. The fraction of sp³-hybridized carbons (Fsp3) is 0.207. The maximum Gasteiger partial charge on any atom is 0.303 e. The molecule has 1 amide bonds. The van der Waals surface area contributed by atoms with E-state index in [0.29, 0.717) is 36.3 Å². The summed E-state index contributed by atoms with van der Waals surface area (Å²) in [5, 5.41) is 8.84. The minimum Gasteiger partial charge on any atom is -0.493 e. The van der Waals surface area contributed by atoms with Crippen LogP contribution in [0.4, 0.5) is 0 Å². The van der Waals surface area contributed by atoms with E-state index in [0.717, 1.165) is 28.0 Å². The molecular formula is C29H28N2O5. The molecule has 0 aromatic heterocycles. The molecule has 0 bridgehead atoms. The number of nitrogens with zero attached hydrogens (tertiary/aromatic N) is 1. The van der Waals surface area contributed by atoms with Gasteiger partial charge in [0.1, 0.15) is 5.76 Å². The molecule has 2 aliphatic heterocycles. The molecule has 7 nitrogen and oxygen atoms in total. The van der Waals surface area contributed by atoms with Crippen molar-refractivity contribution in [3.63, 3.8) is 0 Å². The Hall–Kier alpha value is -4.39. The Morgan fingerprint density at radius 3 is 2.50 bits per heavy atom. The number of carboxylic acid groups (broad SMARTS) is 1. The Labute approximate surface area is 209 Å². The fourth-order valence-electron chi connectivity index (χ4n) is 4.45. The molecule has 0 spiro atoms. The molecule has 0 aliphatic carbocycles. The number of Topliss-reactive ketones (excluding diaryl/α,β-unsaturated/α-hetero) is 1. The van der Waals surface area contributed by atoms with Crippen LogP contribution >= 0.6 is 0 Å².